The van der Waals surface area contributed by atoms with Crippen molar-refractivity contribution in [3.8, 4) is 17.0 Å². The summed E-state index contributed by atoms with van der Waals surface area (Å²) in [6, 6.07) is 5.21. The average molecular weight is 209 g/mol. The zero-order chi connectivity index (χ0) is 10.1. The predicted octanol–water partition coefficient (Wildman–Crippen LogP) is 2.74. The number of aryl methyl sites for hydroxylation is 1. The van der Waals surface area contributed by atoms with Crippen LogP contribution < -0.4 is 0 Å². The van der Waals surface area contributed by atoms with Gasteiger partial charge in [-0.15, -0.1) is 0 Å². The van der Waals surface area contributed by atoms with Crippen molar-refractivity contribution < 1.29 is 5.11 Å². The SMILES string of the molecule is Cc1cc(Cl)cc(-c2ccn[nH]2)c1O. The predicted molar refractivity (Wildman–Crippen MR) is 55.4 cm³/mol. The summed E-state index contributed by atoms with van der Waals surface area (Å²) in [5.74, 6) is 0.235. The van der Waals surface area contributed by atoms with Crippen molar-refractivity contribution in [2.75, 3.05) is 0 Å². The highest BCUT2D eigenvalue weighted by atomic mass is 35.5. The number of nitrogens with one attached hydrogen (secondary N) is 1. The van der Waals surface area contributed by atoms with Crippen LogP contribution in [0.25, 0.3) is 11.3 Å². The van der Waals surface area contributed by atoms with Gasteiger partial charge in [-0.1, -0.05) is 11.6 Å². The number of hydrogen-bond donors (Lipinski definition) is 2. The molecule has 1 aromatic heterocycles. The molecule has 0 atom stereocenters. The molecule has 0 radical (unpaired) electrons. The van der Waals surface area contributed by atoms with Gasteiger partial charge in [-0.3, -0.25) is 5.10 Å². The van der Waals surface area contributed by atoms with Crippen LogP contribution in [0, 0.1) is 6.92 Å². The molecule has 0 aliphatic carbocycles. The lowest BCUT2D eigenvalue weighted by molar-refractivity contribution is 0.473. The molecular weight excluding hydrogens is 200 g/mol. The molecule has 0 unspecified atom stereocenters. The van der Waals surface area contributed by atoms with E-state index in [-0.39, 0.29) is 5.75 Å². The summed E-state index contributed by atoms with van der Waals surface area (Å²) >= 11 is 5.89. The summed E-state index contributed by atoms with van der Waals surface area (Å²) in [6.45, 7) is 1.81. The molecule has 1 aromatic carbocycles. The number of phenolic OH excluding ortho intramolecular Hbond substituents is 1. The van der Waals surface area contributed by atoms with Crippen molar-refractivity contribution in [1.29, 1.82) is 0 Å². The number of rotatable bonds is 1. The first kappa shape index (κ1) is 9.09. The smallest absolute Gasteiger partial charge is 0.127 e. The minimum atomic E-state index is 0.235. The molecule has 2 aromatic rings. The number of hydrogen-bond acceptors (Lipinski definition) is 2. The van der Waals surface area contributed by atoms with Crippen molar-refractivity contribution in [1.82, 2.24) is 10.2 Å². The highest BCUT2D eigenvalue weighted by Gasteiger charge is 2.09. The van der Waals surface area contributed by atoms with Gasteiger partial charge in [-0.05, 0) is 30.7 Å². The number of aromatic amines is 1. The van der Waals surface area contributed by atoms with E-state index in [1.165, 1.54) is 0 Å². The van der Waals surface area contributed by atoms with Crippen LogP contribution in [0.1, 0.15) is 5.56 Å². The van der Waals surface area contributed by atoms with E-state index in [1.807, 2.05) is 0 Å². The van der Waals surface area contributed by atoms with Gasteiger partial charge in [0.2, 0.25) is 0 Å². The molecule has 2 rings (SSSR count). The van der Waals surface area contributed by atoms with Crippen LogP contribution >= 0.6 is 11.6 Å². The van der Waals surface area contributed by atoms with E-state index in [9.17, 15) is 5.11 Å². The molecule has 0 spiro atoms. The van der Waals surface area contributed by atoms with Crippen LogP contribution in [0.3, 0.4) is 0 Å². The van der Waals surface area contributed by atoms with E-state index >= 15 is 0 Å². The number of halogens is 1. The molecule has 0 fully saturated rings. The number of phenols is 1. The summed E-state index contributed by atoms with van der Waals surface area (Å²) in [5.41, 5.74) is 2.18. The Kier molecular flexibility index (Phi) is 2.17. The van der Waals surface area contributed by atoms with Crippen LogP contribution in [-0.2, 0) is 0 Å². The van der Waals surface area contributed by atoms with Crippen LogP contribution in [0.4, 0.5) is 0 Å². The molecule has 0 amide bonds. The Balaban J connectivity index is 2.64. The Bertz CT molecular complexity index is 451. The molecule has 0 saturated heterocycles. The van der Waals surface area contributed by atoms with Crippen LogP contribution in [0.15, 0.2) is 24.4 Å². The molecule has 0 aliphatic rings. The molecule has 0 saturated carbocycles. The average Bonchev–Trinajstić information content (AvgIpc) is 2.63. The third-order valence-corrected chi connectivity index (χ3v) is 2.27. The fourth-order valence-electron chi connectivity index (χ4n) is 1.35. The zero-order valence-electron chi connectivity index (χ0n) is 7.58. The maximum Gasteiger partial charge on any atom is 0.127 e. The molecule has 1 heterocycles. The van der Waals surface area contributed by atoms with E-state index in [4.69, 9.17) is 11.6 Å². The molecule has 3 nitrogen and oxygen atoms in total. The molecule has 0 aliphatic heterocycles. The molecule has 4 heteroatoms. The second-order valence-corrected chi connectivity index (χ2v) is 3.53. The summed E-state index contributed by atoms with van der Waals surface area (Å²) in [5, 5.41) is 17.0. The topological polar surface area (TPSA) is 48.9 Å². The molecule has 2 N–H and O–H groups in total. The van der Waals surface area contributed by atoms with E-state index in [0.29, 0.717) is 10.6 Å². The Morgan fingerprint density at radius 3 is 2.86 bits per heavy atom. The van der Waals surface area contributed by atoms with Gasteiger partial charge in [0.1, 0.15) is 5.75 Å². The van der Waals surface area contributed by atoms with Gasteiger partial charge in [0, 0.05) is 16.8 Å². The standard InChI is InChI=1S/C10H9ClN2O/c1-6-4-7(11)5-8(10(6)14)9-2-3-12-13-9/h2-5,14H,1H3,(H,12,13). The first-order chi connectivity index (χ1) is 6.68. The number of nitrogens with zero attached hydrogens (tertiary/aromatic N) is 1. The highest BCUT2D eigenvalue weighted by molar-refractivity contribution is 6.31. The van der Waals surface area contributed by atoms with E-state index in [2.05, 4.69) is 10.2 Å². The van der Waals surface area contributed by atoms with Gasteiger partial charge in [0.05, 0.1) is 5.69 Å². The normalized spacial score (nSPS) is 10.4. The molecule has 72 valence electrons. The summed E-state index contributed by atoms with van der Waals surface area (Å²) < 4.78 is 0. The number of H-pyrrole nitrogens is 1. The van der Waals surface area contributed by atoms with Gasteiger partial charge in [0.15, 0.2) is 0 Å². The fraction of sp³-hybridized carbons (Fsp3) is 0.100. The maximum atomic E-state index is 9.79. The molecule has 14 heavy (non-hydrogen) atoms. The second kappa shape index (κ2) is 3.35. The van der Waals surface area contributed by atoms with Crippen LogP contribution in [-0.4, -0.2) is 15.3 Å². The highest BCUT2D eigenvalue weighted by Crippen LogP contribution is 2.33. The van der Waals surface area contributed by atoms with Crippen molar-refractivity contribution in [2.45, 2.75) is 6.92 Å². The number of aromatic hydroxyl groups is 1. The van der Waals surface area contributed by atoms with E-state index < -0.39 is 0 Å². The van der Waals surface area contributed by atoms with Gasteiger partial charge >= 0.3 is 0 Å². The van der Waals surface area contributed by atoms with Crippen LogP contribution in [0.2, 0.25) is 5.02 Å². The first-order valence-corrected chi connectivity index (χ1v) is 4.55. The minimum Gasteiger partial charge on any atom is -0.507 e. The fourth-order valence-corrected chi connectivity index (χ4v) is 1.62. The van der Waals surface area contributed by atoms with Gasteiger partial charge in [-0.25, -0.2) is 0 Å². The lowest BCUT2D eigenvalue weighted by Gasteiger charge is -2.05. The monoisotopic (exact) mass is 208 g/mol. The first-order valence-electron chi connectivity index (χ1n) is 4.17. The zero-order valence-corrected chi connectivity index (χ0v) is 8.34. The van der Waals surface area contributed by atoms with E-state index in [0.717, 1.165) is 11.3 Å². The Morgan fingerprint density at radius 2 is 2.21 bits per heavy atom. The molecular formula is C10H9ClN2O. The number of benzene rings is 1. The Hall–Kier alpha value is -1.48. The lowest BCUT2D eigenvalue weighted by Crippen LogP contribution is -1.83. The maximum absolute atomic E-state index is 9.79. The van der Waals surface area contributed by atoms with Crippen molar-refractivity contribution in [3.05, 3.63) is 35.0 Å². The van der Waals surface area contributed by atoms with Crippen molar-refractivity contribution in [3.63, 3.8) is 0 Å². The Labute approximate surface area is 86.3 Å². The number of aromatic nitrogens is 2. The third kappa shape index (κ3) is 1.46. The second-order valence-electron chi connectivity index (χ2n) is 3.09. The van der Waals surface area contributed by atoms with E-state index in [1.54, 1.807) is 31.3 Å². The summed E-state index contributed by atoms with van der Waals surface area (Å²) in [4.78, 5) is 0. The quantitative estimate of drug-likeness (QED) is 0.757. The van der Waals surface area contributed by atoms with Gasteiger partial charge in [-0.2, -0.15) is 5.10 Å². The van der Waals surface area contributed by atoms with Gasteiger partial charge in [0.25, 0.3) is 0 Å². The molecule has 0 bridgehead atoms. The summed E-state index contributed by atoms with van der Waals surface area (Å²) in [6.07, 6.45) is 1.63. The van der Waals surface area contributed by atoms with Gasteiger partial charge < -0.3 is 5.11 Å². The largest absolute Gasteiger partial charge is 0.507 e. The summed E-state index contributed by atoms with van der Waals surface area (Å²) in [7, 11) is 0. The third-order valence-electron chi connectivity index (χ3n) is 2.06. The lowest BCUT2D eigenvalue weighted by atomic mass is 10.1. The van der Waals surface area contributed by atoms with Crippen LogP contribution in [0.5, 0.6) is 5.75 Å². The Morgan fingerprint density at radius 1 is 1.43 bits per heavy atom. The van der Waals surface area contributed by atoms with Crippen molar-refractivity contribution in [2.24, 2.45) is 0 Å². The van der Waals surface area contributed by atoms with Crippen molar-refractivity contribution >= 4 is 11.6 Å². The minimum absolute atomic E-state index is 0.235.